The molecule has 0 atom stereocenters. The molecule has 0 spiro atoms. The third-order valence-corrected chi connectivity index (χ3v) is 4.65. The summed E-state index contributed by atoms with van der Waals surface area (Å²) in [6.07, 6.45) is -0.454. The molecule has 1 N–H and O–H groups in total. The van der Waals surface area contributed by atoms with Crippen molar-refractivity contribution in [3.8, 4) is 5.69 Å². The van der Waals surface area contributed by atoms with Gasteiger partial charge in [-0.2, -0.15) is 0 Å². The number of amides is 2. The number of carbonyl (C=O) groups is 2. The van der Waals surface area contributed by atoms with Gasteiger partial charge < -0.3 is 14.6 Å². The second-order valence-corrected chi connectivity index (χ2v) is 6.49. The standard InChI is InChI=1S/C22H23N3O3/c1-15-14-20(16(2)25(15)19-8-6-5-7-9-19)21(26)23-17-10-12-18(13-11-17)24(3)22(27)28-4/h5-14H,1-4H3,(H,23,26). The zero-order chi connectivity index (χ0) is 20.3. The van der Waals surface area contributed by atoms with Gasteiger partial charge in [0.15, 0.2) is 0 Å². The van der Waals surface area contributed by atoms with Crippen LogP contribution < -0.4 is 10.2 Å². The summed E-state index contributed by atoms with van der Waals surface area (Å²) < 4.78 is 6.76. The first-order chi connectivity index (χ1) is 13.4. The predicted octanol–water partition coefficient (Wildman–Crippen LogP) is 4.55. The Labute approximate surface area is 164 Å². The van der Waals surface area contributed by atoms with Gasteiger partial charge in [0, 0.05) is 35.5 Å². The summed E-state index contributed by atoms with van der Waals surface area (Å²) in [6, 6.07) is 18.8. The number of carbonyl (C=O) groups excluding carboxylic acids is 2. The van der Waals surface area contributed by atoms with E-state index in [0.29, 0.717) is 16.9 Å². The van der Waals surface area contributed by atoms with Crippen LogP contribution in [0.2, 0.25) is 0 Å². The number of rotatable bonds is 4. The normalized spacial score (nSPS) is 10.4. The Morgan fingerprint density at radius 3 is 2.25 bits per heavy atom. The number of methoxy groups -OCH3 is 1. The van der Waals surface area contributed by atoms with Crippen LogP contribution in [-0.4, -0.2) is 30.7 Å². The van der Waals surface area contributed by atoms with Crippen molar-refractivity contribution < 1.29 is 14.3 Å². The highest BCUT2D eigenvalue weighted by molar-refractivity contribution is 6.05. The van der Waals surface area contributed by atoms with E-state index in [4.69, 9.17) is 4.74 Å². The molecule has 1 heterocycles. The average molecular weight is 377 g/mol. The molecule has 28 heavy (non-hydrogen) atoms. The van der Waals surface area contributed by atoms with Gasteiger partial charge in [-0.3, -0.25) is 9.69 Å². The van der Waals surface area contributed by atoms with Gasteiger partial charge in [-0.1, -0.05) is 18.2 Å². The third kappa shape index (κ3) is 3.76. The first kappa shape index (κ1) is 19.2. The molecule has 144 valence electrons. The molecule has 2 aromatic carbocycles. The Morgan fingerprint density at radius 1 is 1.00 bits per heavy atom. The maximum Gasteiger partial charge on any atom is 0.413 e. The molecular formula is C22H23N3O3. The van der Waals surface area contributed by atoms with E-state index in [1.807, 2.05) is 50.2 Å². The second-order valence-electron chi connectivity index (χ2n) is 6.49. The molecule has 0 saturated heterocycles. The molecule has 0 fully saturated rings. The fraction of sp³-hybridized carbons (Fsp3) is 0.182. The van der Waals surface area contributed by atoms with Crippen molar-refractivity contribution in [2.24, 2.45) is 0 Å². The van der Waals surface area contributed by atoms with Gasteiger partial charge in [-0.15, -0.1) is 0 Å². The lowest BCUT2D eigenvalue weighted by molar-refractivity contribution is 0.102. The molecule has 3 aromatic rings. The number of benzene rings is 2. The van der Waals surface area contributed by atoms with Crippen molar-refractivity contribution in [2.75, 3.05) is 24.4 Å². The van der Waals surface area contributed by atoms with Crippen LogP contribution in [0.4, 0.5) is 16.2 Å². The number of anilines is 2. The summed E-state index contributed by atoms with van der Waals surface area (Å²) >= 11 is 0. The van der Waals surface area contributed by atoms with Crippen molar-refractivity contribution in [2.45, 2.75) is 13.8 Å². The molecule has 0 aliphatic carbocycles. The monoisotopic (exact) mass is 377 g/mol. The quantitative estimate of drug-likeness (QED) is 0.725. The summed E-state index contributed by atoms with van der Waals surface area (Å²) in [7, 11) is 2.96. The van der Waals surface area contributed by atoms with Crippen LogP contribution >= 0.6 is 0 Å². The number of aryl methyl sites for hydroxylation is 1. The van der Waals surface area contributed by atoms with E-state index in [9.17, 15) is 9.59 Å². The van der Waals surface area contributed by atoms with Crippen molar-refractivity contribution in [1.82, 2.24) is 4.57 Å². The Balaban J connectivity index is 1.80. The second kappa shape index (κ2) is 8.00. The zero-order valence-corrected chi connectivity index (χ0v) is 16.4. The molecule has 0 aliphatic rings. The molecule has 6 nitrogen and oxygen atoms in total. The highest BCUT2D eigenvalue weighted by atomic mass is 16.5. The van der Waals surface area contributed by atoms with Crippen LogP contribution in [0.15, 0.2) is 60.7 Å². The predicted molar refractivity (Wildman–Crippen MR) is 110 cm³/mol. The molecule has 0 unspecified atom stereocenters. The van der Waals surface area contributed by atoms with E-state index >= 15 is 0 Å². The van der Waals surface area contributed by atoms with Gasteiger partial charge in [-0.05, 0) is 56.3 Å². The molecule has 0 saturated carbocycles. The van der Waals surface area contributed by atoms with Crippen LogP contribution in [0.3, 0.4) is 0 Å². The van der Waals surface area contributed by atoms with E-state index in [1.54, 1.807) is 31.3 Å². The highest BCUT2D eigenvalue weighted by Crippen LogP contribution is 2.23. The molecule has 0 bridgehead atoms. The minimum atomic E-state index is -0.454. The van der Waals surface area contributed by atoms with Gasteiger partial charge in [0.25, 0.3) is 5.91 Å². The number of nitrogens with one attached hydrogen (secondary N) is 1. The van der Waals surface area contributed by atoms with Crippen LogP contribution in [0.25, 0.3) is 5.69 Å². The van der Waals surface area contributed by atoms with Crippen molar-refractivity contribution in [3.05, 3.63) is 77.6 Å². The Bertz CT molecular complexity index is 992. The van der Waals surface area contributed by atoms with Crippen molar-refractivity contribution in [1.29, 1.82) is 0 Å². The van der Waals surface area contributed by atoms with Crippen LogP contribution in [-0.2, 0) is 4.74 Å². The molecule has 2 amide bonds. The van der Waals surface area contributed by atoms with Gasteiger partial charge >= 0.3 is 6.09 Å². The lowest BCUT2D eigenvalue weighted by atomic mass is 10.2. The molecular weight excluding hydrogens is 354 g/mol. The molecule has 0 aliphatic heterocycles. The van der Waals surface area contributed by atoms with Gasteiger partial charge in [-0.25, -0.2) is 4.79 Å². The van der Waals surface area contributed by atoms with Crippen LogP contribution in [0, 0.1) is 13.8 Å². The summed E-state index contributed by atoms with van der Waals surface area (Å²) in [5, 5.41) is 2.91. The molecule has 1 aromatic heterocycles. The van der Waals surface area contributed by atoms with E-state index < -0.39 is 6.09 Å². The number of nitrogens with zero attached hydrogens (tertiary/aromatic N) is 2. The minimum absolute atomic E-state index is 0.177. The average Bonchev–Trinajstić information content (AvgIpc) is 3.02. The maximum atomic E-state index is 12.8. The number of hydrogen-bond donors (Lipinski definition) is 1. The molecule has 3 rings (SSSR count). The van der Waals surface area contributed by atoms with E-state index in [0.717, 1.165) is 17.1 Å². The van der Waals surface area contributed by atoms with E-state index in [1.165, 1.54) is 12.0 Å². The largest absolute Gasteiger partial charge is 0.452 e. The van der Waals surface area contributed by atoms with Crippen molar-refractivity contribution >= 4 is 23.4 Å². The lowest BCUT2D eigenvalue weighted by Crippen LogP contribution is -2.25. The zero-order valence-electron chi connectivity index (χ0n) is 16.4. The number of para-hydroxylation sites is 1. The van der Waals surface area contributed by atoms with E-state index in [-0.39, 0.29) is 5.91 Å². The lowest BCUT2D eigenvalue weighted by Gasteiger charge is -2.16. The maximum absolute atomic E-state index is 12.8. The number of hydrogen-bond acceptors (Lipinski definition) is 3. The first-order valence-electron chi connectivity index (χ1n) is 8.90. The van der Waals surface area contributed by atoms with Gasteiger partial charge in [0.05, 0.1) is 12.7 Å². The Hall–Kier alpha value is -3.54. The van der Waals surface area contributed by atoms with E-state index in [2.05, 4.69) is 9.88 Å². The first-order valence-corrected chi connectivity index (χ1v) is 8.90. The SMILES string of the molecule is COC(=O)N(C)c1ccc(NC(=O)c2cc(C)n(-c3ccccc3)c2C)cc1. The Morgan fingerprint density at radius 2 is 1.64 bits per heavy atom. The molecule has 0 radical (unpaired) electrons. The Kier molecular flexibility index (Phi) is 5.49. The smallest absolute Gasteiger partial charge is 0.413 e. The fourth-order valence-electron chi connectivity index (χ4n) is 3.18. The van der Waals surface area contributed by atoms with Gasteiger partial charge in [0.1, 0.15) is 0 Å². The number of aromatic nitrogens is 1. The topological polar surface area (TPSA) is 63.6 Å². The third-order valence-electron chi connectivity index (χ3n) is 4.65. The summed E-state index contributed by atoms with van der Waals surface area (Å²) in [5.74, 6) is -0.177. The fourth-order valence-corrected chi connectivity index (χ4v) is 3.18. The molecule has 6 heteroatoms. The summed E-state index contributed by atoms with van der Waals surface area (Å²) in [4.78, 5) is 25.8. The van der Waals surface area contributed by atoms with Crippen LogP contribution in [0.1, 0.15) is 21.7 Å². The number of ether oxygens (including phenoxy) is 1. The highest BCUT2D eigenvalue weighted by Gasteiger charge is 2.17. The van der Waals surface area contributed by atoms with Crippen LogP contribution in [0.5, 0.6) is 0 Å². The summed E-state index contributed by atoms with van der Waals surface area (Å²) in [6.45, 7) is 3.91. The van der Waals surface area contributed by atoms with Gasteiger partial charge in [0.2, 0.25) is 0 Å². The summed E-state index contributed by atoms with van der Waals surface area (Å²) in [5.41, 5.74) is 4.83. The minimum Gasteiger partial charge on any atom is -0.452 e. The van der Waals surface area contributed by atoms with Crippen molar-refractivity contribution in [3.63, 3.8) is 0 Å².